The van der Waals surface area contributed by atoms with Gasteiger partial charge in [-0.25, -0.2) is 0 Å². The second-order valence-corrected chi connectivity index (χ2v) is 6.53. The Morgan fingerprint density at radius 3 is 2.95 bits per heavy atom. The predicted molar refractivity (Wildman–Crippen MR) is 82.8 cm³/mol. The van der Waals surface area contributed by atoms with Crippen LogP contribution in [-0.4, -0.2) is 18.0 Å². The van der Waals surface area contributed by atoms with Gasteiger partial charge in [0.15, 0.2) is 0 Å². The van der Waals surface area contributed by atoms with Crippen molar-refractivity contribution in [1.29, 1.82) is 0 Å². The van der Waals surface area contributed by atoms with E-state index in [9.17, 15) is 0 Å². The molecule has 0 unspecified atom stereocenters. The van der Waals surface area contributed by atoms with E-state index in [0.29, 0.717) is 0 Å². The van der Waals surface area contributed by atoms with E-state index in [-0.39, 0.29) is 0 Å². The molecule has 3 rings (SSSR count). The Bertz CT molecular complexity index is 543. The van der Waals surface area contributed by atoms with Crippen molar-refractivity contribution >= 4 is 11.3 Å². The molecule has 20 heavy (non-hydrogen) atoms. The Kier molecular flexibility index (Phi) is 4.24. The van der Waals surface area contributed by atoms with Crippen molar-refractivity contribution in [3.63, 3.8) is 0 Å². The Labute approximate surface area is 124 Å². The minimum absolute atomic E-state index is 0.744. The van der Waals surface area contributed by atoms with Gasteiger partial charge in [0, 0.05) is 24.7 Å². The van der Waals surface area contributed by atoms with Gasteiger partial charge in [0.1, 0.15) is 11.5 Å². The Morgan fingerprint density at radius 2 is 2.25 bits per heavy atom. The van der Waals surface area contributed by atoms with E-state index in [0.717, 1.165) is 37.2 Å². The first-order valence-electron chi connectivity index (χ1n) is 7.22. The second-order valence-electron chi connectivity index (χ2n) is 5.75. The fraction of sp³-hybridized carbons (Fsp3) is 0.500. The van der Waals surface area contributed by atoms with Gasteiger partial charge in [0.05, 0.1) is 6.54 Å². The smallest absolute Gasteiger partial charge is 0.118 e. The molecular weight excluding hydrogens is 268 g/mol. The predicted octanol–water partition coefficient (Wildman–Crippen LogP) is 3.53. The summed E-state index contributed by atoms with van der Waals surface area (Å²) in [6.45, 7) is 4.83. The van der Waals surface area contributed by atoms with Crippen molar-refractivity contribution in [3.05, 3.63) is 45.5 Å². The molecule has 0 aromatic carbocycles. The van der Waals surface area contributed by atoms with Gasteiger partial charge >= 0.3 is 0 Å². The molecule has 2 aromatic rings. The lowest BCUT2D eigenvalue weighted by Gasteiger charge is -2.13. The van der Waals surface area contributed by atoms with E-state index in [1.165, 1.54) is 24.0 Å². The van der Waals surface area contributed by atoms with Gasteiger partial charge in [-0.05, 0) is 55.3 Å². The van der Waals surface area contributed by atoms with E-state index in [1.807, 2.05) is 0 Å². The van der Waals surface area contributed by atoms with Crippen molar-refractivity contribution in [3.8, 4) is 0 Å². The van der Waals surface area contributed by atoms with Gasteiger partial charge in [-0.3, -0.25) is 4.90 Å². The zero-order valence-electron chi connectivity index (χ0n) is 12.2. The molecule has 2 heterocycles. The van der Waals surface area contributed by atoms with E-state index < -0.39 is 0 Å². The largest absolute Gasteiger partial charge is 0.465 e. The molecule has 0 atom stereocenters. The molecule has 0 aliphatic heterocycles. The van der Waals surface area contributed by atoms with Crippen LogP contribution in [0, 0.1) is 6.92 Å². The highest BCUT2D eigenvalue weighted by atomic mass is 32.1. The van der Waals surface area contributed by atoms with Crippen molar-refractivity contribution in [2.45, 2.75) is 45.4 Å². The Balaban J connectivity index is 1.54. The quantitative estimate of drug-likeness (QED) is 0.845. The zero-order valence-corrected chi connectivity index (χ0v) is 13.0. The maximum Gasteiger partial charge on any atom is 0.118 e. The van der Waals surface area contributed by atoms with Crippen molar-refractivity contribution < 1.29 is 4.42 Å². The minimum atomic E-state index is 0.744. The molecule has 1 fully saturated rings. The fourth-order valence-corrected chi connectivity index (χ4v) is 3.06. The maximum atomic E-state index is 5.88. The summed E-state index contributed by atoms with van der Waals surface area (Å²) in [5, 5.41) is 7.87. The van der Waals surface area contributed by atoms with Crippen LogP contribution in [0.4, 0.5) is 0 Å². The fourth-order valence-electron chi connectivity index (χ4n) is 2.40. The molecule has 2 aromatic heterocycles. The molecular formula is C16H22N2OS. The van der Waals surface area contributed by atoms with Crippen LogP contribution in [0.1, 0.15) is 35.5 Å². The molecule has 1 N–H and O–H groups in total. The third-order valence-electron chi connectivity index (χ3n) is 3.69. The van der Waals surface area contributed by atoms with Crippen molar-refractivity contribution in [2.75, 3.05) is 7.05 Å². The molecule has 1 aliphatic rings. The molecule has 0 bridgehead atoms. The topological polar surface area (TPSA) is 28.4 Å². The number of nitrogens with one attached hydrogen (secondary N) is 1. The van der Waals surface area contributed by atoms with Crippen LogP contribution in [0.25, 0.3) is 0 Å². The van der Waals surface area contributed by atoms with Crippen molar-refractivity contribution in [1.82, 2.24) is 10.2 Å². The molecule has 0 spiro atoms. The van der Waals surface area contributed by atoms with Gasteiger partial charge in [-0.15, -0.1) is 0 Å². The first-order valence-corrected chi connectivity index (χ1v) is 8.16. The summed E-state index contributed by atoms with van der Waals surface area (Å²) in [7, 11) is 2.14. The second kappa shape index (κ2) is 6.12. The number of furan rings is 1. The molecule has 3 nitrogen and oxygen atoms in total. The van der Waals surface area contributed by atoms with Crippen LogP contribution in [0.5, 0.6) is 0 Å². The summed E-state index contributed by atoms with van der Waals surface area (Å²) >= 11 is 1.75. The van der Waals surface area contributed by atoms with Crippen LogP contribution in [0.15, 0.2) is 27.3 Å². The molecule has 108 valence electrons. The first-order chi connectivity index (χ1) is 9.70. The van der Waals surface area contributed by atoms with Crippen LogP contribution in [0.3, 0.4) is 0 Å². The number of hydrogen-bond donors (Lipinski definition) is 1. The number of aryl methyl sites for hydroxylation is 1. The third-order valence-corrected chi connectivity index (χ3v) is 4.42. The summed E-state index contributed by atoms with van der Waals surface area (Å²) in [6.07, 6.45) is 2.65. The summed E-state index contributed by atoms with van der Waals surface area (Å²) in [6, 6.07) is 5.13. The molecule has 1 aliphatic carbocycles. The van der Waals surface area contributed by atoms with Crippen LogP contribution >= 0.6 is 11.3 Å². The number of rotatable bonds is 7. The SMILES string of the molecule is Cc1oc(CN(C)Cc2ccsc2)cc1CNC1CC1. The lowest BCUT2D eigenvalue weighted by Crippen LogP contribution is -2.16. The van der Waals surface area contributed by atoms with Gasteiger partial charge < -0.3 is 9.73 Å². The molecule has 4 heteroatoms. The van der Waals surface area contributed by atoms with Crippen LogP contribution in [-0.2, 0) is 19.6 Å². The highest BCUT2D eigenvalue weighted by molar-refractivity contribution is 7.07. The summed E-state index contributed by atoms with van der Waals surface area (Å²) in [5.74, 6) is 2.12. The lowest BCUT2D eigenvalue weighted by atomic mass is 10.2. The van der Waals surface area contributed by atoms with E-state index in [1.54, 1.807) is 11.3 Å². The highest BCUT2D eigenvalue weighted by Gasteiger charge is 2.21. The summed E-state index contributed by atoms with van der Waals surface area (Å²) < 4.78 is 5.88. The number of nitrogens with zero attached hydrogens (tertiary/aromatic N) is 1. The van der Waals surface area contributed by atoms with Gasteiger partial charge in [-0.1, -0.05) is 0 Å². The standard InChI is InChI=1S/C16H22N2OS/c1-12-14(8-17-15-3-4-15)7-16(19-12)10-18(2)9-13-5-6-20-11-13/h5-7,11,15,17H,3-4,8-10H2,1-2H3. The first kappa shape index (κ1) is 13.9. The van der Waals surface area contributed by atoms with Crippen LogP contribution in [0.2, 0.25) is 0 Å². The summed E-state index contributed by atoms with van der Waals surface area (Å²) in [4.78, 5) is 2.29. The maximum absolute atomic E-state index is 5.88. The molecule has 1 saturated carbocycles. The highest BCUT2D eigenvalue weighted by Crippen LogP contribution is 2.22. The number of hydrogen-bond acceptors (Lipinski definition) is 4. The number of thiophene rings is 1. The van der Waals surface area contributed by atoms with E-state index in [2.05, 4.69) is 47.1 Å². The molecule has 0 saturated heterocycles. The minimum Gasteiger partial charge on any atom is -0.465 e. The molecule has 0 amide bonds. The van der Waals surface area contributed by atoms with Gasteiger partial charge in [0.2, 0.25) is 0 Å². The van der Waals surface area contributed by atoms with Gasteiger partial charge in [-0.2, -0.15) is 11.3 Å². The molecule has 0 radical (unpaired) electrons. The van der Waals surface area contributed by atoms with Crippen LogP contribution < -0.4 is 5.32 Å². The Hall–Kier alpha value is -1.10. The average Bonchev–Trinajstić information content (AvgIpc) is 2.98. The summed E-state index contributed by atoms with van der Waals surface area (Å²) in [5.41, 5.74) is 2.67. The lowest BCUT2D eigenvalue weighted by molar-refractivity contribution is 0.285. The van der Waals surface area contributed by atoms with E-state index in [4.69, 9.17) is 4.42 Å². The average molecular weight is 290 g/mol. The third kappa shape index (κ3) is 3.72. The Morgan fingerprint density at radius 1 is 1.40 bits per heavy atom. The normalized spacial score (nSPS) is 15.2. The van der Waals surface area contributed by atoms with Gasteiger partial charge in [0.25, 0.3) is 0 Å². The monoisotopic (exact) mass is 290 g/mol. The van der Waals surface area contributed by atoms with Crippen molar-refractivity contribution in [2.24, 2.45) is 0 Å². The van der Waals surface area contributed by atoms with E-state index >= 15 is 0 Å². The zero-order chi connectivity index (χ0) is 13.9.